The summed E-state index contributed by atoms with van der Waals surface area (Å²) in [5.74, 6) is 0. The van der Waals surface area contributed by atoms with Crippen LogP contribution in [0.3, 0.4) is 0 Å². The summed E-state index contributed by atoms with van der Waals surface area (Å²) < 4.78 is 0. The largest absolute Gasteiger partial charge is 0.396 e. The average Bonchev–Trinajstić information content (AvgIpc) is 1.30. The molecular weight excluding hydrogens is 132 g/mol. The smallest absolute Gasteiger partial charge is 0.0613 e. The summed E-state index contributed by atoms with van der Waals surface area (Å²) in [6, 6.07) is 0. The van der Waals surface area contributed by atoms with Crippen molar-refractivity contribution in [1.29, 1.82) is 0 Å². The molecule has 0 saturated heterocycles. The van der Waals surface area contributed by atoms with Crippen LogP contribution in [-0.2, 0) is 0 Å². The van der Waals surface area contributed by atoms with E-state index in [9.17, 15) is 0 Å². The van der Waals surface area contributed by atoms with Crippen LogP contribution in [0.1, 0.15) is 20.3 Å². The van der Waals surface area contributed by atoms with Crippen LogP contribution in [0.2, 0.25) is 0 Å². The minimum absolute atomic E-state index is 0. The molecule has 2 N–H and O–H groups in total. The van der Waals surface area contributed by atoms with E-state index < -0.39 is 5.60 Å². The fourth-order valence-corrected chi connectivity index (χ4v) is 0.274. The van der Waals surface area contributed by atoms with Crippen molar-refractivity contribution >= 4 is 0 Å². The van der Waals surface area contributed by atoms with Gasteiger partial charge in [0, 0.05) is 44.3 Å². The number of hydrogen-bond donors (Lipinski definition) is 2. The van der Waals surface area contributed by atoms with Crippen LogP contribution < -0.4 is 0 Å². The Morgan fingerprint density at radius 1 is 1.38 bits per heavy atom. The fraction of sp³-hybridized carbons (Fsp3) is 1.00. The number of aliphatic hydroxyl groups excluding tert-OH is 1. The van der Waals surface area contributed by atoms with Crippen molar-refractivity contribution in [1.82, 2.24) is 0 Å². The van der Waals surface area contributed by atoms with E-state index >= 15 is 0 Å². The third kappa shape index (κ3) is 10.2. The first-order valence-corrected chi connectivity index (χ1v) is 2.39. The fourth-order valence-electron chi connectivity index (χ4n) is 0.274. The number of rotatable bonds is 2. The van der Waals surface area contributed by atoms with Crippen molar-refractivity contribution < 1.29 is 48.0 Å². The van der Waals surface area contributed by atoms with Crippen molar-refractivity contribution in [3.05, 3.63) is 0 Å². The van der Waals surface area contributed by atoms with Crippen LogP contribution in [0.25, 0.3) is 0 Å². The van der Waals surface area contributed by atoms with Crippen molar-refractivity contribution in [2.45, 2.75) is 25.9 Å². The Labute approximate surface area is 79.9 Å². The molecule has 0 fully saturated rings. The van der Waals surface area contributed by atoms with E-state index in [1.54, 1.807) is 13.8 Å². The topological polar surface area (TPSA) is 40.5 Å². The van der Waals surface area contributed by atoms with Crippen LogP contribution in [0, 0.1) is 37.7 Å². The maximum Gasteiger partial charge on any atom is 0.0613 e. The Kier molecular flexibility index (Phi) is 7.45. The molecule has 0 spiro atoms. The van der Waals surface area contributed by atoms with Crippen molar-refractivity contribution in [3.8, 4) is 0 Å². The second-order valence-electron chi connectivity index (χ2n) is 2.29. The van der Waals surface area contributed by atoms with Gasteiger partial charge in [-0.05, 0) is 20.3 Å². The average molecular weight is 144 g/mol. The molecule has 8 heavy (non-hydrogen) atoms. The summed E-state index contributed by atoms with van der Waals surface area (Å²) in [5.41, 5.74) is -0.700. The summed E-state index contributed by atoms with van der Waals surface area (Å²) >= 11 is 0. The van der Waals surface area contributed by atoms with Gasteiger partial charge in [-0.3, -0.25) is 0 Å². The van der Waals surface area contributed by atoms with E-state index in [0.29, 0.717) is 6.42 Å². The Morgan fingerprint density at radius 2 is 1.75 bits per heavy atom. The molecule has 0 amide bonds. The van der Waals surface area contributed by atoms with E-state index in [1.165, 1.54) is 0 Å². The Bertz CT molecular complexity index is 48.9. The minimum Gasteiger partial charge on any atom is -0.396 e. The molecule has 0 aromatic carbocycles. The van der Waals surface area contributed by atoms with E-state index in [4.69, 9.17) is 10.2 Å². The van der Waals surface area contributed by atoms with Gasteiger partial charge in [-0.15, -0.1) is 0 Å². The first-order valence-electron chi connectivity index (χ1n) is 2.39. The van der Waals surface area contributed by atoms with Crippen LogP contribution in [0.5, 0.6) is 0 Å². The predicted octanol–water partition coefficient (Wildman–Crippen LogP) is 0.140. The molecule has 3 heteroatoms. The Hall–Kier alpha value is 1.18. The summed E-state index contributed by atoms with van der Waals surface area (Å²) in [6.07, 6.45) is 0.451. The van der Waals surface area contributed by atoms with Crippen molar-refractivity contribution in [3.63, 3.8) is 0 Å². The third-order valence-corrected chi connectivity index (χ3v) is 0.724. The van der Waals surface area contributed by atoms with E-state index in [-0.39, 0.29) is 44.3 Å². The van der Waals surface area contributed by atoms with Crippen molar-refractivity contribution in [2.24, 2.45) is 0 Å². The van der Waals surface area contributed by atoms with Gasteiger partial charge in [0.15, 0.2) is 0 Å². The second kappa shape index (κ2) is 5.00. The molecule has 52 valence electrons. The van der Waals surface area contributed by atoms with E-state index in [1.807, 2.05) is 0 Å². The molecule has 0 unspecified atom stereocenters. The molecule has 0 rings (SSSR count). The summed E-state index contributed by atoms with van der Waals surface area (Å²) in [4.78, 5) is 0. The van der Waals surface area contributed by atoms with Gasteiger partial charge >= 0.3 is 0 Å². The molecular formula is C5H12ArO2. The molecule has 0 aromatic heterocycles. The van der Waals surface area contributed by atoms with Gasteiger partial charge in [-0.25, -0.2) is 0 Å². The molecule has 0 radical (unpaired) electrons. The standard InChI is InChI=1S/C5H12O2.Ar/c1-5(2,7)3-4-6;/h6-7H,3-4H2,1-2H3;. The molecule has 0 heterocycles. The van der Waals surface area contributed by atoms with Gasteiger partial charge in [0.2, 0.25) is 0 Å². The van der Waals surface area contributed by atoms with Gasteiger partial charge in [0.05, 0.1) is 5.60 Å². The first kappa shape index (κ1) is 11.9. The monoisotopic (exact) mass is 144 g/mol. The molecule has 0 saturated carbocycles. The number of aliphatic hydroxyl groups is 2. The zero-order chi connectivity index (χ0) is 5.91. The van der Waals surface area contributed by atoms with Gasteiger partial charge in [0.25, 0.3) is 0 Å². The predicted molar refractivity (Wildman–Crippen MR) is 28.0 cm³/mol. The zero-order valence-electron chi connectivity index (χ0n) is 5.16. The number of hydrogen-bond acceptors (Lipinski definition) is 2. The maximum absolute atomic E-state index is 8.86. The first-order chi connectivity index (χ1) is 3.06. The van der Waals surface area contributed by atoms with Gasteiger partial charge < -0.3 is 10.2 Å². The summed E-state index contributed by atoms with van der Waals surface area (Å²) in [7, 11) is 0. The summed E-state index contributed by atoms with van der Waals surface area (Å²) in [6.45, 7) is 3.40. The van der Waals surface area contributed by atoms with Crippen molar-refractivity contribution in [2.75, 3.05) is 6.61 Å². The molecule has 0 aromatic rings. The maximum atomic E-state index is 8.86. The minimum atomic E-state index is -0.700. The van der Waals surface area contributed by atoms with Gasteiger partial charge in [-0.1, -0.05) is 0 Å². The van der Waals surface area contributed by atoms with Gasteiger partial charge in [0.1, 0.15) is 0 Å². The summed E-state index contributed by atoms with van der Waals surface area (Å²) in [5, 5.41) is 17.1. The molecule has 0 aliphatic rings. The Morgan fingerprint density at radius 3 is 1.75 bits per heavy atom. The molecule has 0 atom stereocenters. The Balaban J connectivity index is 0. The molecule has 2 nitrogen and oxygen atoms in total. The molecule has 0 aliphatic carbocycles. The second-order valence-corrected chi connectivity index (χ2v) is 2.29. The normalized spacial score (nSPS) is 10.5. The van der Waals surface area contributed by atoms with Crippen LogP contribution in [0.4, 0.5) is 0 Å². The van der Waals surface area contributed by atoms with E-state index in [0.717, 1.165) is 0 Å². The SMILES string of the molecule is CC(C)(O)CCO.[Ar]. The van der Waals surface area contributed by atoms with Crippen LogP contribution in [-0.4, -0.2) is 22.4 Å². The zero-order valence-corrected chi connectivity index (χ0v) is 5.87. The van der Waals surface area contributed by atoms with Crippen LogP contribution in [0.15, 0.2) is 0 Å². The third-order valence-electron chi connectivity index (χ3n) is 0.724. The van der Waals surface area contributed by atoms with Gasteiger partial charge in [-0.2, -0.15) is 0 Å². The van der Waals surface area contributed by atoms with E-state index in [2.05, 4.69) is 0 Å². The quantitative estimate of drug-likeness (QED) is 0.578. The molecule has 0 aliphatic heterocycles. The van der Waals surface area contributed by atoms with Crippen LogP contribution >= 0.6 is 0 Å². The molecule has 0 bridgehead atoms.